The van der Waals surface area contributed by atoms with E-state index in [1.807, 2.05) is 0 Å². The molecule has 0 unspecified atom stereocenters. The van der Waals surface area contributed by atoms with Gasteiger partial charge in [0.05, 0.1) is 29.0 Å². The number of non-ortho nitro benzene ring substituents is 1. The number of nitro groups is 1. The van der Waals surface area contributed by atoms with Gasteiger partial charge >= 0.3 is 5.97 Å². The third-order valence-corrected chi connectivity index (χ3v) is 6.58. The lowest BCUT2D eigenvalue weighted by molar-refractivity contribution is -0.384. The lowest BCUT2D eigenvalue weighted by atomic mass is 10.1. The van der Waals surface area contributed by atoms with Gasteiger partial charge in [0, 0.05) is 21.9 Å². The fourth-order valence-corrected chi connectivity index (χ4v) is 4.54. The molecule has 0 radical (unpaired) electrons. The molecule has 6 N–H and O–H groups in total. The Morgan fingerprint density at radius 1 is 1.05 bits per heavy atom. The Bertz CT molecular complexity index is 1280. The molecule has 0 aromatic heterocycles. The predicted molar refractivity (Wildman–Crippen MR) is 153 cm³/mol. The van der Waals surface area contributed by atoms with Crippen LogP contribution < -0.4 is 26.6 Å². The molecular weight excluding hydrogens is 546 g/mol. The van der Waals surface area contributed by atoms with E-state index < -0.39 is 22.8 Å². The van der Waals surface area contributed by atoms with Crippen molar-refractivity contribution >= 4 is 53.1 Å². The number of unbranched alkanes of at least 4 members (excludes halogenated alkanes) is 1. The van der Waals surface area contributed by atoms with Gasteiger partial charge in [0.1, 0.15) is 11.8 Å². The highest BCUT2D eigenvalue weighted by atomic mass is 35.5. The number of benzene rings is 3. The minimum Gasteiger partial charge on any atom is -0.495 e. The number of ether oxygens (including phenoxy) is 1. The molecule has 0 aliphatic rings. The number of carboxylic acids is 1. The van der Waals surface area contributed by atoms with Gasteiger partial charge in [0.2, 0.25) is 0 Å². The summed E-state index contributed by atoms with van der Waals surface area (Å²) in [5, 5.41) is 23.5. The molecule has 0 fully saturated rings. The number of amides is 1. The zero-order valence-corrected chi connectivity index (χ0v) is 22.7. The van der Waals surface area contributed by atoms with Crippen LogP contribution in [0.5, 0.6) is 5.75 Å². The number of carbonyl (C=O) groups excluding carboxylic acids is 1. The Kier molecular flexibility index (Phi) is 12.5. The minimum atomic E-state index is -1.04. The molecule has 39 heavy (non-hydrogen) atoms. The summed E-state index contributed by atoms with van der Waals surface area (Å²) < 4.78 is 5.34. The number of carbonyl (C=O) groups is 2. The van der Waals surface area contributed by atoms with E-state index in [1.54, 1.807) is 54.6 Å². The number of methoxy groups -OCH3 is 1. The van der Waals surface area contributed by atoms with Crippen LogP contribution >= 0.6 is 24.2 Å². The highest BCUT2D eigenvalue weighted by molar-refractivity contribution is 7.99. The van der Waals surface area contributed by atoms with Crippen molar-refractivity contribution in [2.45, 2.75) is 35.1 Å². The van der Waals surface area contributed by atoms with Crippen molar-refractivity contribution in [3.8, 4) is 5.75 Å². The van der Waals surface area contributed by atoms with Gasteiger partial charge in [-0.2, -0.15) is 0 Å². The van der Waals surface area contributed by atoms with Gasteiger partial charge in [0.25, 0.3) is 11.6 Å². The SMILES string of the molecule is COc1ccccc1NC(=O)c1c(NN[C@@H](CCCCN)C(=O)O)cccc1Sc1ccc([N+](=O)[O-])cc1.Cl. The number of para-hydroxylation sites is 2. The van der Waals surface area contributed by atoms with Gasteiger partial charge < -0.3 is 26.3 Å². The van der Waals surface area contributed by atoms with Gasteiger partial charge in [0.15, 0.2) is 0 Å². The van der Waals surface area contributed by atoms with E-state index in [-0.39, 0.29) is 23.7 Å². The van der Waals surface area contributed by atoms with Gasteiger partial charge in [-0.05, 0) is 62.2 Å². The van der Waals surface area contributed by atoms with Crippen molar-refractivity contribution in [1.29, 1.82) is 0 Å². The number of hydrogen-bond acceptors (Lipinski definition) is 9. The topological polar surface area (TPSA) is 169 Å². The van der Waals surface area contributed by atoms with Crippen LogP contribution in [0, 0.1) is 10.1 Å². The van der Waals surface area contributed by atoms with E-state index in [9.17, 15) is 24.8 Å². The molecule has 0 heterocycles. The first kappa shape index (κ1) is 31.4. The van der Waals surface area contributed by atoms with Crippen LogP contribution in [0.2, 0.25) is 0 Å². The van der Waals surface area contributed by atoms with Crippen LogP contribution in [0.15, 0.2) is 76.5 Å². The van der Waals surface area contributed by atoms with Crippen LogP contribution in [-0.4, -0.2) is 41.6 Å². The minimum absolute atomic E-state index is 0. The molecule has 3 rings (SSSR count). The average Bonchev–Trinajstić information content (AvgIpc) is 2.91. The van der Waals surface area contributed by atoms with Crippen LogP contribution in [0.3, 0.4) is 0 Å². The van der Waals surface area contributed by atoms with Crippen molar-refractivity contribution in [3.05, 3.63) is 82.4 Å². The number of nitrogens with one attached hydrogen (secondary N) is 3. The Hall–Kier alpha value is -3.84. The fraction of sp³-hybridized carbons (Fsp3) is 0.231. The standard InChI is InChI=1S/C26H29N5O6S.ClH/c1-37-22-10-3-2-7-19(22)28-25(32)24-20(29-30-21(26(33)34)8-4-5-16-27)9-6-11-23(24)38-18-14-12-17(13-15-18)31(35)36;/h2-3,6-7,9-15,21,29-30H,4-5,8,16,27H2,1H3,(H,28,32)(H,33,34);1H/t21-;/m0./s1. The first-order valence-corrected chi connectivity index (χ1v) is 12.6. The van der Waals surface area contributed by atoms with Gasteiger partial charge in [-0.3, -0.25) is 19.7 Å². The average molecular weight is 576 g/mol. The molecule has 0 bridgehead atoms. The predicted octanol–water partition coefficient (Wildman–Crippen LogP) is 4.93. The van der Waals surface area contributed by atoms with Crippen molar-refractivity contribution in [3.63, 3.8) is 0 Å². The second-order valence-electron chi connectivity index (χ2n) is 8.13. The second kappa shape index (κ2) is 15.5. The number of nitrogens with zero attached hydrogens (tertiary/aromatic N) is 1. The van der Waals surface area contributed by atoms with Crippen molar-refractivity contribution in [1.82, 2.24) is 5.43 Å². The molecule has 1 amide bonds. The molecular formula is C26H30ClN5O6S. The highest BCUT2D eigenvalue weighted by Crippen LogP contribution is 2.36. The van der Waals surface area contributed by atoms with E-state index in [0.717, 1.165) is 0 Å². The van der Waals surface area contributed by atoms with Crippen molar-refractivity contribution < 1.29 is 24.4 Å². The van der Waals surface area contributed by atoms with E-state index in [2.05, 4.69) is 16.2 Å². The molecule has 3 aromatic carbocycles. The lowest BCUT2D eigenvalue weighted by Crippen LogP contribution is -2.40. The number of anilines is 2. The van der Waals surface area contributed by atoms with E-state index in [0.29, 0.717) is 52.7 Å². The number of rotatable bonds is 14. The molecule has 11 nitrogen and oxygen atoms in total. The fourth-order valence-electron chi connectivity index (χ4n) is 3.57. The first-order valence-electron chi connectivity index (χ1n) is 11.8. The Balaban J connectivity index is 0.00000533. The molecule has 0 spiro atoms. The first-order chi connectivity index (χ1) is 18.3. The van der Waals surface area contributed by atoms with E-state index in [1.165, 1.54) is 31.0 Å². The van der Waals surface area contributed by atoms with Crippen LogP contribution in [-0.2, 0) is 4.79 Å². The largest absolute Gasteiger partial charge is 0.495 e. The second-order valence-corrected chi connectivity index (χ2v) is 9.25. The van der Waals surface area contributed by atoms with E-state index in [4.69, 9.17) is 10.5 Å². The molecule has 0 saturated heterocycles. The maximum atomic E-state index is 13.6. The van der Waals surface area contributed by atoms with Crippen LogP contribution in [0.4, 0.5) is 17.1 Å². The molecule has 0 aliphatic carbocycles. The van der Waals surface area contributed by atoms with Gasteiger partial charge in [-0.1, -0.05) is 30.0 Å². The maximum absolute atomic E-state index is 13.6. The van der Waals surface area contributed by atoms with Crippen molar-refractivity contribution in [2.24, 2.45) is 5.73 Å². The Morgan fingerprint density at radius 3 is 2.38 bits per heavy atom. The number of hydrazine groups is 1. The summed E-state index contributed by atoms with van der Waals surface area (Å²) in [6.07, 6.45) is 1.66. The normalized spacial score (nSPS) is 11.1. The molecule has 0 aliphatic heterocycles. The van der Waals surface area contributed by atoms with E-state index >= 15 is 0 Å². The number of nitro benzene ring substituents is 1. The Morgan fingerprint density at radius 2 is 1.74 bits per heavy atom. The highest BCUT2D eigenvalue weighted by Gasteiger charge is 2.22. The smallest absolute Gasteiger partial charge is 0.322 e. The number of aliphatic carboxylic acids is 1. The summed E-state index contributed by atoms with van der Waals surface area (Å²) in [7, 11) is 1.50. The summed E-state index contributed by atoms with van der Waals surface area (Å²) in [6, 6.07) is 17.1. The molecule has 0 saturated carbocycles. The third-order valence-electron chi connectivity index (χ3n) is 5.51. The summed E-state index contributed by atoms with van der Waals surface area (Å²) in [5.41, 5.74) is 12.3. The zero-order chi connectivity index (χ0) is 27.5. The molecule has 13 heteroatoms. The number of carboxylic acid groups (broad SMARTS) is 1. The number of nitrogens with two attached hydrogens (primary N) is 1. The summed E-state index contributed by atoms with van der Waals surface area (Å²) >= 11 is 1.24. The van der Waals surface area contributed by atoms with Gasteiger partial charge in [-0.25, -0.2) is 5.43 Å². The molecule has 3 aromatic rings. The summed E-state index contributed by atoms with van der Waals surface area (Å²) in [4.78, 5) is 37.1. The summed E-state index contributed by atoms with van der Waals surface area (Å²) in [5.74, 6) is -1.02. The zero-order valence-electron chi connectivity index (χ0n) is 21.1. The monoisotopic (exact) mass is 575 g/mol. The number of halogens is 1. The molecule has 208 valence electrons. The van der Waals surface area contributed by atoms with Crippen LogP contribution in [0.1, 0.15) is 29.6 Å². The van der Waals surface area contributed by atoms with Crippen molar-refractivity contribution in [2.75, 3.05) is 24.4 Å². The lowest BCUT2D eigenvalue weighted by Gasteiger charge is -2.20. The summed E-state index contributed by atoms with van der Waals surface area (Å²) in [6.45, 7) is 0.467. The maximum Gasteiger partial charge on any atom is 0.322 e. The van der Waals surface area contributed by atoms with Crippen LogP contribution in [0.25, 0.3) is 0 Å². The Labute approximate surface area is 236 Å². The quantitative estimate of drug-likeness (QED) is 0.101. The number of hydrogen-bond donors (Lipinski definition) is 5. The van der Waals surface area contributed by atoms with Gasteiger partial charge in [-0.15, -0.1) is 12.4 Å². The third kappa shape index (κ3) is 8.86. The molecule has 1 atom stereocenters.